The summed E-state index contributed by atoms with van der Waals surface area (Å²) in [6, 6.07) is 6.96. The van der Waals surface area contributed by atoms with Gasteiger partial charge in [0.2, 0.25) is 0 Å². The van der Waals surface area contributed by atoms with E-state index in [0.29, 0.717) is 23.4 Å². The molecule has 0 aliphatic heterocycles. The van der Waals surface area contributed by atoms with Crippen LogP contribution in [-0.2, 0) is 4.79 Å². The van der Waals surface area contributed by atoms with E-state index in [1.807, 2.05) is 6.92 Å². The van der Waals surface area contributed by atoms with Crippen molar-refractivity contribution in [3.8, 4) is 5.75 Å². The number of rotatable bonds is 4. The maximum Gasteiger partial charge on any atom is 0.328 e. The molecule has 2 N–H and O–H groups in total. The van der Waals surface area contributed by atoms with Crippen LogP contribution in [0.1, 0.15) is 12.5 Å². The summed E-state index contributed by atoms with van der Waals surface area (Å²) in [5.41, 5.74) is 0.652. The molecule has 5 nitrogen and oxygen atoms in total. The fourth-order valence-corrected chi connectivity index (χ4v) is 1.74. The van der Waals surface area contributed by atoms with Crippen molar-refractivity contribution >= 4 is 22.9 Å². The second kappa shape index (κ2) is 5.39. The molecule has 1 aromatic carbocycles. The first-order valence-electron chi connectivity index (χ1n) is 5.81. The van der Waals surface area contributed by atoms with Crippen LogP contribution < -0.4 is 10.3 Å². The third-order valence-corrected chi connectivity index (χ3v) is 2.56. The molecule has 0 saturated heterocycles. The predicted molar refractivity (Wildman–Crippen MR) is 72.4 cm³/mol. The first kappa shape index (κ1) is 12.9. The smallest absolute Gasteiger partial charge is 0.328 e. The quantitative estimate of drug-likeness (QED) is 0.823. The fraction of sp³-hybridized carbons (Fsp3) is 0.143. The number of benzene rings is 1. The number of carboxylic acid groups (broad SMARTS) is 1. The Hall–Kier alpha value is -2.56. The van der Waals surface area contributed by atoms with Crippen LogP contribution in [-0.4, -0.2) is 22.7 Å². The van der Waals surface area contributed by atoms with Crippen LogP contribution in [0, 0.1) is 0 Å². The Kier molecular flexibility index (Phi) is 3.66. The van der Waals surface area contributed by atoms with Crippen molar-refractivity contribution < 1.29 is 14.6 Å². The van der Waals surface area contributed by atoms with Crippen molar-refractivity contribution in [1.29, 1.82) is 0 Å². The molecule has 5 heteroatoms. The van der Waals surface area contributed by atoms with Gasteiger partial charge in [0, 0.05) is 22.5 Å². The Morgan fingerprint density at radius 2 is 2.21 bits per heavy atom. The van der Waals surface area contributed by atoms with Gasteiger partial charge in [-0.05, 0) is 37.3 Å². The van der Waals surface area contributed by atoms with Crippen LogP contribution in [0.5, 0.6) is 5.75 Å². The molecule has 0 spiro atoms. The maximum absolute atomic E-state index is 11.7. The number of pyridine rings is 1. The summed E-state index contributed by atoms with van der Waals surface area (Å²) in [6.07, 6.45) is 2.21. The summed E-state index contributed by atoms with van der Waals surface area (Å²) in [7, 11) is 0. The van der Waals surface area contributed by atoms with E-state index in [4.69, 9.17) is 9.84 Å². The molecule has 0 unspecified atom stereocenters. The second-order valence-electron chi connectivity index (χ2n) is 3.91. The lowest BCUT2D eigenvalue weighted by atomic mass is 10.1. The lowest BCUT2D eigenvalue weighted by Crippen LogP contribution is -2.09. The first-order valence-corrected chi connectivity index (χ1v) is 5.81. The molecule has 2 aromatic rings. The van der Waals surface area contributed by atoms with Crippen molar-refractivity contribution in [3.63, 3.8) is 0 Å². The van der Waals surface area contributed by atoms with Crippen LogP contribution in [0.25, 0.3) is 17.0 Å². The Morgan fingerprint density at radius 1 is 1.42 bits per heavy atom. The second-order valence-corrected chi connectivity index (χ2v) is 3.91. The molecule has 0 aliphatic rings. The van der Waals surface area contributed by atoms with E-state index in [2.05, 4.69) is 4.98 Å². The van der Waals surface area contributed by atoms with Gasteiger partial charge < -0.3 is 14.8 Å². The largest absolute Gasteiger partial charge is 0.494 e. The minimum absolute atomic E-state index is 0.295. The van der Waals surface area contributed by atoms with E-state index in [0.717, 1.165) is 11.5 Å². The third-order valence-electron chi connectivity index (χ3n) is 2.56. The molecular formula is C14H13NO4. The van der Waals surface area contributed by atoms with E-state index in [-0.39, 0.29) is 5.56 Å². The Labute approximate surface area is 109 Å². The highest BCUT2D eigenvalue weighted by molar-refractivity contribution is 5.87. The number of aromatic amines is 1. The van der Waals surface area contributed by atoms with Crippen molar-refractivity contribution in [2.45, 2.75) is 6.92 Å². The number of fused-ring (bicyclic) bond motifs is 1. The number of hydrogen-bond acceptors (Lipinski definition) is 3. The van der Waals surface area contributed by atoms with E-state index >= 15 is 0 Å². The fourth-order valence-electron chi connectivity index (χ4n) is 1.74. The topological polar surface area (TPSA) is 79.4 Å². The standard InChI is InChI=1S/C14H13NO4/c1-2-19-11-4-5-12-10(8-11)7-9(14(18)15-12)3-6-13(16)17/h3-8H,2H2,1H3,(H,15,18)(H,16,17)/b6-3+. The highest BCUT2D eigenvalue weighted by atomic mass is 16.5. The average molecular weight is 259 g/mol. The van der Waals surface area contributed by atoms with Gasteiger partial charge in [0.25, 0.3) is 5.56 Å². The Bertz CT molecular complexity index is 700. The normalized spacial score (nSPS) is 11.0. The van der Waals surface area contributed by atoms with E-state index in [9.17, 15) is 9.59 Å². The van der Waals surface area contributed by atoms with Crippen LogP contribution >= 0.6 is 0 Å². The molecule has 0 radical (unpaired) electrons. The number of carbonyl (C=O) groups is 1. The average Bonchev–Trinajstić information content (AvgIpc) is 2.37. The van der Waals surface area contributed by atoms with Crippen molar-refractivity contribution in [2.75, 3.05) is 6.61 Å². The minimum Gasteiger partial charge on any atom is -0.494 e. The lowest BCUT2D eigenvalue weighted by molar-refractivity contribution is -0.131. The number of aromatic nitrogens is 1. The Balaban J connectivity index is 2.52. The van der Waals surface area contributed by atoms with Gasteiger partial charge in [-0.2, -0.15) is 0 Å². The van der Waals surface area contributed by atoms with Crippen LogP contribution in [0.2, 0.25) is 0 Å². The zero-order valence-electron chi connectivity index (χ0n) is 10.3. The number of hydrogen-bond donors (Lipinski definition) is 2. The van der Waals surface area contributed by atoms with Gasteiger partial charge in [-0.25, -0.2) is 4.79 Å². The van der Waals surface area contributed by atoms with Crippen molar-refractivity contribution in [3.05, 3.63) is 46.3 Å². The molecule has 98 valence electrons. The molecule has 0 saturated carbocycles. The molecular weight excluding hydrogens is 246 g/mol. The van der Waals surface area contributed by atoms with Gasteiger partial charge in [-0.15, -0.1) is 0 Å². The zero-order chi connectivity index (χ0) is 13.8. The summed E-state index contributed by atoms with van der Waals surface area (Å²) in [5, 5.41) is 9.36. The molecule has 2 rings (SSSR count). The number of aliphatic carboxylic acids is 1. The zero-order valence-corrected chi connectivity index (χ0v) is 10.3. The van der Waals surface area contributed by atoms with Crippen molar-refractivity contribution in [1.82, 2.24) is 4.98 Å². The third kappa shape index (κ3) is 3.01. The van der Waals surface area contributed by atoms with Gasteiger partial charge >= 0.3 is 5.97 Å². The molecule has 19 heavy (non-hydrogen) atoms. The maximum atomic E-state index is 11.7. The Morgan fingerprint density at radius 3 is 2.89 bits per heavy atom. The summed E-state index contributed by atoms with van der Waals surface area (Å²) in [4.78, 5) is 24.9. The molecule has 0 fully saturated rings. The van der Waals surface area contributed by atoms with Crippen LogP contribution in [0.3, 0.4) is 0 Å². The number of carboxylic acids is 1. The molecule has 0 amide bonds. The number of nitrogens with one attached hydrogen (secondary N) is 1. The number of ether oxygens (including phenoxy) is 1. The summed E-state index contributed by atoms with van der Waals surface area (Å²) in [5.74, 6) is -0.391. The van der Waals surface area contributed by atoms with E-state index in [1.54, 1.807) is 24.3 Å². The monoisotopic (exact) mass is 259 g/mol. The van der Waals surface area contributed by atoms with Crippen LogP contribution in [0.15, 0.2) is 35.1 Å². The summed E-state index contributed by atoms with van der Waals surface area (Å²) >= 11 is 0. The summed E-state index contributed by atoms with van der Waals surface area (Å²) in [6.45, 7) is 2.44. The van der Waals surface area contributed by atoms with Gasteiger partial charge in [0.1, 0.15) is 5.75 Å². The molecule has 1 heterocycles. The van der Waals surface area contributed by atoms with Gasteiger partial charge in [0.15, 0.2) is 0 Å². The summed E-state index contributed by atoms with van der Waals surface area (Å²) < 4.78 is 5.38. The molecule has 0 aliphatic carbocycles. The highest BCUT2D eigenvalue weighted by Gasteiger charge is 2.02. The molecule has 1 aromatic heterocycles. The van der Waals surface area contributed by atoms with Gasteiger partial charge in [-0.1, -0.05) is 0 Å². The lowest BCUT2D eigenvalue weighted by Gasteiger charge is -2.05. The number of H-pyrrole nitrogens is 1. The van der Waals surface area contributed by atoms with Crippen molar-refractivity contribution in [2.24, 2.45) is 0 Å². The van der Waals surface area contributed by atoms with Crippen LogP contribution in [0.4, 0.5) is 0 Å². The predicted octanol–water partition coefficient (Wildman–Crippen LogP) is 2.02. The molecule has 0 atom stereocenters. The molecule has 0 bridgehead atoms. The first-order chi connectivity index (χ1) is 9.10. The highest BCUT2D eigenvalue weighted by Crippen LogP contribution is 2.19. The van der Waals surface area contributed by atoms with Gasteiger partial charge in [-0.3, -0.25) is 4.79 Å². The van der Waals surface area contributed by atoms with E-state index < -0.39 is 5.97 Å². The SMILES string of the molecule is CCOc1ccc2[nH]c(=O)c(/C=C/C(=O)O)cc2c1. The van der Waals surface area contributed by atoms with E-state index in [1.165, 1.54) is 6.08 Å². The van der Waals surface area contributed by atoms with Gasteiger partial charge in [0.05, 0.1) is 6.61 Å². The minimum atomic E-state index is -1.09.